The molecule has 5 nitrogen and oxygen atoms in total. The second-order valence-electron chi connectivity index (χ2n) is 7.54. The average molecular weight is 379 g/mol. The summed E-state index contributed by atoms with van der Waals surface area (Å²) < 4.78 is 40.4. The maximum Gasteiger partial charge on any atom is 0.261 e. The number of carbonyl (C=O) groups excluding carboxylic acids is 2. The summed E-state index contributed by atoms with van der Waals surface area (Å²) in [4.78, 5) is 26.5. The van der Waals surface area contributed by atoms with Gasteiger partial charge in [0.05, 0.1) is 12.7 Å². The van der Waals surface area contributed by atoms with Gasteiger partial charge in [0, 0.05) is 18.5 Å². The predicted molar refractivity (Wildman–Crippen MR) is 92.5 cm³/mol. The lowest BCUT2D eigenvalue weighted by atomic mass is 9.82. The highest BCUT2D eigenvalue weighted by atomic mass is 19.1. The molecule has 5 rings (SSSR count). The lowest BCUT2D eigenvalue weighted by molar-refractivity contribution is -0.147. The minimum atomic E-state index is -0.668. The molecule has 4 aliphatic rings. The van der Waals surface area contributed by atoms with Crippen LogP contribution < -0.4 is 4.74 Å². The molecule has 0 N–H and O–H groups in total. The Kier molecular flexibility index (Phi) is 5.12. The molecule has 7 heteroatoms. The Morgan fingerprint density at radius 3 is 2.56 bits per heavy atom. The standard InChI is InChI=1S/C20H23F2NO4/c21-14-7-8-15(22)20-19(14)12-3-5-13(6-4-12)26-10-16-17(24)2-1-9-23(16)18(25)11-27-20/h7-8,12-13,16H,1-6,9-11H2. The molecule has 0 radical (unpaired) electrons. The third-order valence-electron chi connectivity index (χ3n) is 5.90. The van der Waals surface area contributed by atoms with Crippen molar-refractivity contribution in [3.63, 3.8) is 0 Å². The minimum Gasteiger partial charge on any atom is -0.480 e. The van der Waals surface area contributed by atoms with Crippen molar-refractivity contribution < 1.29 is 27.8 Å². The molecular formula is C20H23F2NO4. The van der Waals surface area contributed by atoms with Gasteiger partial charge in [-0.25, -0.2) is 8.78 Å². The molecule has 1 unspecified atom stereocenters. The van der Waals surface area contributed by atoms with Crippen LogP contribution in [-0.2, 0) is 14.3 Å². The number of hydrogen-bond donors (Lipinski definition) is 0. The molecule has 1 aliphatic carbocycles. The van der Waals surface area contributed by atoms with E-state index in [0.29, 0.717) is 45.1 Å². The van der Waals surface area contributed by atoms with Gasteiger partial charge in [0.2, 0.25) is 0 Å². The first-order valence-electron chi connectivity index (χ1n) is 9.59. The van der Waals surface area contributed by atoms with Crippen molar-refractivity contribution in [1.29, 1.82) is 0 Å². The summed E-state index contributed by atoms with van der Waals surface area (Å²) in [5.74, 6) is -1.95. The Balaban J connectivity index is 1.69. The van der Waals surface area contributed by atoms with Crippen molar-refractivity contribution in [2.75, 3.05) is 19.8 Å². The number of fused-ring (bicyclic) bond motifs is 5. The van der Waals surface area contributed by atoms with E-state index in [1.807, 2.05) is 0 Å². The zero-order valence-corrected chi connectivity index (χ0v) is 15.1. The van der Waals surface area contributed by atoms with Crippen LogP contribution >= 0.6 is 0 Å². The molecule has 1 aromatic rings. The Bertz CT molecular complexity index is 746. The highest BCUT2D eigenvalue weighted by Gasteiger charge is 2.36. The number of benzene rings is 1. The number of halogens is 2. The van der Waals surface area contributed by atoms with Crippen LogP contribution in [0.2, 0.25) is 0 Å². The molecule has 3 heterocycles. The number of piperidine rings is 1. The number of nitrogens with zero attached hydrogens (tertiary/aromatic N) is 1. The molecule has 1 saturated carbocycles. The van der Waals surface area contributed by atoms with Gasteiger partial charge >= 0.3 is 0 Å². The van der Waals surface area contributed by atoms with Crippen LogP contribution in [0.15, 0.2) is 12.1 Å². The number of ketones is 1. The maximum atomic E-state index is 14.5. The van der Waals surface area contributed by atoms with Crippen LogP contribution in [-0.4, -0.2) is 48.5 Å². The zero-order valence-electron chi connectivity index (χ0n) is 15.1. The normalized spacial score (nSPS) is 29.1. The first-order chi connectivity index (χ1) is 13.0. The highest BCUT2D eigenvalue weighted by molar-refractivity contribution is 5.90. The second kappa shape index (κ2) is 7.54. The van der Waals surface area contributed by atoms with Gasteiger partial charge in [-0.15, -0.1) is 0 Å². The van der Waals surface area contributed by atoms with E-state index in [0.717, 1.165) is 12.1 Å². The number of Topliss-reactive ketones (excluding diaryl/α,β-unsaturated/α-hetero) is 1. The van der Waals surface area contributed by atoms with E-state index >= 15 is 0 Å². The van der Waals surface area contributed by atoms with Gasteiger partial charge in [0.25, 0.3) is 5.91 Å². The van der Waals surface area contributed by atoms with E-state index in [1.165, 1.54) is 4.90 Å². The summed E-state index contributed by atoms with van der Waals surface area (Å²) >= 11 is 0. The minimum absolute atomic E-state index is 0.0178. The fourth-order valence-corrected chi connectivity index (χ4v) is 4.44. The van der Waals surface area contributed by atoms with Crippen molar-refractivity contribution in [2.45, 2.75) is 56.6 Å². The van der Waals surface area contributed by atoms with Crippen LogP contribution in [0.1, 0.15) is 50.0 Å². The van der Waals surface area contributed by atoms with Gasteiger partial charge in [-0.2, -0.15) is 0 Å². The highest BCUT2D eigenvalue weighted by Crippen LogP contribution is 2.41. The lowest BCUT2D eigenvalue weighted by Crippen LogP contribution is -2.53. The Morgan fingerprint density at radius 1 is 1.04 bits per heavy atom. The van der Waals surface area contributed by atoms with E-state index < -0.39 is 30.2 Å². The third-order valence-corrected chi connectivity index (χ3v) is 5.90. The largest absolute Gasteiger partial charge is 0.480 e. The first kappa shape index (κ1) is 18.3. The monoisotopic (exact) mass is 379 g/mol. The molecule has 0 spiro atoms. The summed E-state index contributed by atoms with van der Waals surface area (Å²) in [6.45, 7) is 0.191. The topological polar surface area (TPSA) is 55.8 Å². The van der Waals surface area contributed by atoms with Crippen LogP contribution in [0, 0.1) is 11.6 Å². The van der Waals surface area contributed by atoms with Gasteiger partial charge in [-0.3, -0.25) is 9.59 Å². The Hall–Kier alpha value is -2.02. The summed E-state index contributed by atoms with van der Waals surface area (Å²) in [6.07, 6.45) is 3.69. The van der Waals surface area contributed by atoms with Crippen molar-refractivity contribution in [1.82, 2.24) is 4.90 Å². The molecule has 27 heavy (non-hydrogen) atoms. The summed E-state index contributed by atoms with van der Waals surface area (Å²) in [7, 11) is 0. The van der Waals surface area contributed by atoms with Gasteiger partial charge < -0.3 is 14.4 Å². The van der Waals surface area contributed by atoms with Crippen LogP contribution in [0.4, 0.5) is 8.78 Å². The number of carbonyl (C=O) groups is 2. The molecule has 1 amide bonds. The molecule has 1 aromatic carbocycles. The lowest BCUT2D eigenvalue weighted by Gasteiger charge is -2.35. The van der Waals surface area contributed by atoms with Gasteiger partial charge in [0.15, 0.2) is 24.0 Å². The SMILES string of the molecule is O=C1CCCN2C(=O)COc3c(F)ccc(F)c3C3CCC(CC3)OCC12. The van der Waals surface area contributed by atoms with E-state index in [-0.39, 0.29) is 35.7 Å². The fourth-order valence-electron chi connectivity index (χ4n) is 4.44. The van der Waals surface area contributed by atoms with Crippen molar-refractivity contribution in [3.8, 4) is 5.75 Å². The third kappa shape index (κ3) is 3.57. The zero-order chi connectivity index (χ0) is 19.0. The number of ether oxygens (including phenoxy) is 2. The van der Waals surface area contributed by atoms with Gasteiger partial charge in [-0.05, 0) is 50.2 Å². The number of hydrogen-bond acceptors (Lipinski definition) is 4. The average Bonchev–Trinajstić information content (AvgIpc) is 2.69. The summed E-state index contributed by atoms with van der Waals surface area (Å²) in [6, 6.07) is 1.52. The molecule has 2 fully saturated rings. The molecule has 0 aromatic heterocycles. The molecule has 3 aliphatic heterocycles. The van der Waals surface area contributed by atoms with E-state index in [1.54, 1.807) is 0 Å². The fraction of sp³-hybridized carbons (Fsp3) is 0.600. The second-order valence-corrected chi connectivity index (χ2v) is 7.54. The smallest absolute Gasteiger partial charge is 0.261 e. The molecule has 2 bridgehead atoms. The molecule has 146 valence electrons. The van der Waals surface area contributed by atoms with E-state index in [2.05, 4.69) is 0 Å². The van der Waals surface area contributed by atoms with Gasteiger partial charge in [0.1, 0.15) is 11.9 Å². The van der Waals surface area contributed by atoms with E-state index in [4.69, 9.17) is 9.47 Å². The molecule has 1 saturated heterocycles. The Morgan fingerprint density at radius 2 is 1.78 bits per heavy atom. The summed E-state index contributed by atoms with van der Waals surface area (Å²) in [5.41, 5.74) is 0.215. The number of amides is 1. The Labute approximate surface area is 156 Å². The quantitative estimate of drug-likeness (QED) is 0.696. The van der Waals surface area contributed by atoms with Crippen LogP contribution in [0.5, 0.6) is 5.75 Å². The molecule has 1 atom stereocenters. The van der Waals surface area contributed by atoms with Crippen molar-refractivity contribution >= 4 is 11.7 Å². The predicted octanol–water partition coefficient (Wildman–Crippen LogP) is 2.96. The van der Waals surface area contributed by atoms with Gasteiger partial charge in [-0.1, -0.05) is 0 Å². The van der Waals surface area contributed by atoms with Crippen LogP contribution in [0.3, 0.4) is 0 Å². The van der Waals surface area contributed by atoms with Crippen LogP contribution in [0.25, 0.3) is 0 Å². The number of rotatable bonds is 0. The first-order valence-corrected chi connectivity index (χ1v) is 9.59. The van der Waals surface area contributed by atoms with Crippen molar-refractivity contribution in [2.24, 2.45) is 0 Å². The summed E-state index contributed by atoms with van der Waals surface area (Å²) in [5, 5.41) is 0. The maximum absolute atomic E-state index is 14.5. The molecular weight excluding hydrogens is 356 g/mol. The van der Waals surface area contributed by atoms with E-state index in [9.17, 15) is 18.4 Å². The van der Waals surface area contributed by atoms with Crippen molar-refractivity contribution in [3.05, 3.63) is 29.3 Å².